The van der Waals surface area contributed by atoms with Crippen molar-refractivity contribution in [1.82, 2.24) is 9.78 Å². The van der Waals surface area contributed by atoms with E-state index in [4.69, 9.17) is 5.11 Å². The zero-order valence-electron chi connectivity index (χ0n) is 9.81. The zero-order valence-corrected chi connectivity index (χ0v) is 9.81. The molecule has 0 unspecified atom stereocenters. The van der Waals surface area contributed by atoms with Crippen molar-refractivity contribution in [3.63, 3.8) is 0 Å². The fourth-order valence-electron chi connectivity index (χ4n) is 2.58. The lowest BCUT2D eigenvalue weighted by Crippen LogP contribution is -2.24. The van der Waals surface area contributed by atoms with Gasteiger partial charge in [-0.2, -0.15) is 5.10 Å². The molecule has 0 bridgehead atoms. The van der Waals surface area contributed by atoms with Gasteiger partial charge < -0.3 is 5.11 Å². The van der Waals surface area contributed by atoms with E-state index in [1.54, 1.807) is 0 Å². The minimum Gasteiger partial charge on any atom is -0.481 e. The van der Waals surface area contributed by atoms with Crippen LogP contribution in [0.1, 0.15) is 43.1 Å². The Morgan fingerprint density at radius 1 is 1.38 bits per heavy atom. The van der Waals surface area contributed by atoms with Gasteiger partial charge in [0, 0.05) is 5.69 Å². The maximum absolute atomic E-state index is 10.8. The second kappa shape index (κ2) is 4.28. The van der Waals surface area contributed by atoms with Crippen molar-refractivity contribution in [2.75, 3.05) is 0 Å². The third-order valence-electron chi connectivity index (χ3n) is 3.44. The first-order chi connectivity index (χ1) is 7.58. The standard InChI is InChI=1S/C12H18N2O2/c1-8-7-9(2)14(13-8)11-5-3-10(4-6-11)12(15)16/h7,10-11H,3-6H2,1-2H3,(H,15,16)/t10-,11-. The Morgan fingerprint density at radius 3 is 2.44 bits per heavy atom. The Hall–Kier alpha value is -1.32. The topological polar surface area (TPSA) is 55.1 Å². The van der Waals surface area contributed by atoms with Gasteiger partial charge in [0.05, 0.1) is 17.7 Å². The van der Waals surface area contributed by atoms with Crippen LogP contribution < -0.4 is 0 Å². The van der Waals surface area contributed by atoms with Crippen molar-refractivity contribution < 1.29 is 9.90 Å². The maximum atomic E-state index is 10.8. The Labute approximate surface area is 95.3 Å². The van der Waals surface area contributed by atoms with E-state index in [0.29, 0.717) is 6.04 Å². The quantitative estimate of drug-likeness (QED) is 0.835. The molecule has 16 heavy (non-hydrogen) atoms. The largest absolute Gasteiger partial charge is 0.481 e. The van der Waals surface area contributed by atoms with E-state index in [9.17, 15) is 4.79 Å². The molecule has 0 spiro atoms. The summed E-state index contributed by atoms with van der Waals surface area (Å²) in [5.41, 5.74) is 2.22. The lowest BCUT2D eigenvalue weighted by atomic mass is 9.86. The Balaban J connectivity index is 2.04. The van der Waals surface area contributed by atoms with Crippen LogP contribution in [0.3, 0.4) is 0 Å². The third kappa shape index (κ3) is 2.10. The molecular formula is C12H18N2O2. The van der Waals surface area contributed by atoms with Crippen molar-refractivity contribution in [3.8, 4) is 0 Å². The lowest BCUT2D eigenvalue weighted by Gasteiger charge is -2.27. The fraction of sp³-hybridized carbons (Fsp3) is 0.667. The van der Waals surface area contributed by atoms with Gasteiger partial charge in [-0.05, 0) is 45.6 Å². The van der Waals surface area contributed by atoms with Crippen LogP contribution in [0.15, 0.2) is 6.07 Å². The first-order valence-corrected chi connectivity index (χ1v) is 5.83. The van der Waals surface area contributed by atoms with E-state index in [1.807, 2.05) is 6.92 Å². The van der Waals surface area contributed by atoms with Crippen molar-refractivity contribution in [1.29, 1.82) is 0 Å². The summed E-state index contributed by atoms with van der Waals surface area (Å²) >= 11 is 0. The molecule has 0 aromatic carbocycles. The molecule has 0 aliphatic heterocycles. The molecule has 0 atom stereocenters. The summed E-state index contributed by atoms with van der Waals surface area (Å²) in [6.07, 6.45) is 3.41. The first-order valence-electron chi connectivity index (χ1n) is 5.83. The van der Waals surface area contributed by atoms with Gasteiger partial charge in [-0.3, -0.25) is 9.48 Å². The highest BCUT2D eigenvalue weighted by Crippen LogP contribution is 2.32. The Bertz CT molecular complexity index is 390. The number of aryl methyl sites for hydroxylation is 2. The predicted molar refractivity (Wildman–Crippen MR) is 60.3 cm³/mol. The van der Waals surface area contributed by atoms with Gasteiger partial charge in [0.25, 0.3) is 0 Å². The molecule has 1 fully saturated rings. The van der Waals surface area contributed by atoms with Gasteiger partial charge in [0.15, 0.2) is 0 Å². The summed E-state index contributed by atoms with van der Waals surface area (Å²) < 4.78 is 2.06. The minimum absolute atomic E-state index is 0.145. The summed E-state index contributed by atoms with van der Waals surface area (Å²) in [6, 6.07) is 2.47. The van der Waals surface area contributed by atoms with Crippen molar-refractivity contribution in [2.45, 2.75) is 45.6 Å². The highest BCUT2D eigenvalue weighted by Gasteiger charge is 2.27. The number of hydrogen-bond donors (Lipinski definition) is 1. The number of carboxylic acid groups (broad SMARTS) is 1. The summed E-state index contributed by atoms with van der Waals surface area (Å²) in [4.78, 5) is 10.8. The molecule has 1 saturated carbocycles. The Kier molecular flexibility index (Phi) is 2.99. The molecule has 88 valence electrons. The van der Waals surface area contributed by atoms with Gasteiger partial charge >= 0.3 is 5.97 Å². The molecule has 4 nitrogen and oxygen atoms in total. The normalized spacial score (nSPS) is 25.6. The second-order valence-corrected chi connectivity index (χ2v) is 4.72. The number of rotatable bonds is 2. The smallest absolute Gasteiger partial charge is 0.306 e. The monoisotopic (exact) mass is 222 g/mol. The number of carbonyl (C=O) groups is 1. The molecule has 1 aromatic heterocycles. The summed E-state index contributed by atoms with van der Waals surface area (Å²) in [7, 11) is 0. The van der Waals surface area contributed by atoms with Crippen LogP contribution >= 0.6 is 0 Å². The van der Waals surface area contributed by atoms with Crippen molar-refractivity contribution in [3.05, 3.63) is 17.5 Å². The summed E-state index contributed by atoms with van der Waals surface area (Å²) in [5, 5.41) is 13.4. The highest BCUT2D eigenvalue weighted by atomic mass is 16.4. The van der Waals surface area contributed by atoms with Crippen molar-refractivity contribution >= 4 is 5.97 Å². The number of hydrogen-bond acceptors (Lipinski definition) is 2. The van der Waals surface area contributed by atoms with Gasteiger partial charge in [0.1, 0.15) is 0 Å². The van der Waals surface area contributed by atoms with E-state index >= 15 is 0 Å². The molecule has 1 aliphatic rings. The maximum Gasteiger partial charge on any atom is 0.306 e. The SMILES string of the molecule is Cc1cc(C)n([C@H]2CC[C@H](C(=O)O)CC2)n1. The highest BCUT2D eigenvalue weighted by molar-refractivity contribution is 5.70. The molecular weight excluding hydrogens is 204 g/mol. The number of aliphatic carboxylic acids is 1. The molecule has 1 aliphatic carbocycles. The van der Waals surface area contributed by atoms with E-state index in [2.05, 4.69) is 22.8 Å². The van der Waals surface area contributed by atoms with E-state index in [0.717, 1.165) is 31.4 Å². The average molecular weight is 222 g/mol. The Morgan fingerprint density at radius 2 is 2.00 bits per heavy atom. The van der Waals surface area contributed by atoms with Crippen LogP contribution in [0.25, 0.3) is 0 Å². The van der Waals surface area contributed by atoms with Crippen LogP contribution in [0.5, 0.6) is 0 Å². The molecule has 0 saturated heterocycles. The lowest BCUT2D eigenvalue weighted by molar-refractivity contribution is -0.143. The molecule has 1 N–H and O–H groups in total. The van der Waals surface area contributed by atoms with E-state index in [-0.39, 0.29) is 5.92 Å². The molecule has 0 amide bonds. The number of nitrogens with zero attached hydrogens (tertiary/aromatic N) is 2. The van der Waals surface area contributed by atoms with Gasteiger partial charge in [0.2, 0.25) is 0 Å². The van der Waals surface area contributed by atoms with E-state index in [1.165, 1.54) is 5.69 Å². The average Bonchev–Trinajstić information content (AvgIpc) is 2.58. The van der Waals surface area contributed by atoms with Crippen LogP contribution in [0, 0.1) is 19.8 Å². The molecule has 4 heteroatoms. The number of carboxylic acids is 1. The minimum atomic E-state index is -0.646. The fourth-order valence-corrected chi connectivity index (χ4v) is 2.58. The van der Waals surface area contributed by atoms with E-state index < -0.39 is 5.97 Å². The molecule has 2 rings (SSSR count). The molecule has 1 aromatic rings. The van der Waals surface area contributed by atoms with Crippen LogP contribution in [0.2, 0.25) is 0 Å². The number of aromatic nitrogens is 2. The zero-order chi connectivity index (χ0) is 11.7. The van der Waals surface area contributed by atoms with Gasteiger partial charge in [-0.25, -0.2) is 0 Å². The van der Waals surface area contributed by atoms with Gasteiger partial charge in [-0.1, -0.05) is 0 Å². The van der Waals surface area contributed by atoms with Crippen LogP contribution in [-0.2, 0) is 4.79 Å². The summed E-state index contributed by atoms with van der Waals surface area (Å²) in [6.45, 7) is 4.05. The summed E-state index contributed by atoms with van der Waals surface area (Å²) in [5.74, 6) is -0.792. The van der Waals surface area contributed by atoms with Crippen molar-refractivity contribution in [2.24, 2.45) is 5.92 Å². The first kappa shape index (κ1) is 11.2. The van der Waals surface area contributed by atoms with Crippen LogP contribution in [0.4, 0.5) is 0 Å². The molecule has 1 heterocycles. The predicted octanol–water partition coefficient (Wildman–Crippen LogP) is 2.32. The molecule has 0 radical (unpaired) electrons. The second-order valence-electron chi connectivity index (χ2n) is 4.72. The third-order valence-corrected chi connectivity index (χ3v) is 3.44. The van der Waals surface area contributed by atoms with Gasteiger partial charge in [-0.15, -0.1) is 0 Å². The van der Waals surface area contributed by atoms with Crippen LogP contribution in [-0.4, -0.2) is 20.9 Å².